The van der Waals surface area contributed by atoms with Crippen LogP contribution >= 0.6 is 0 Å². The Morgan fingerprint density at radius 3 is 2.39 bits per heavy atom. The first-order valence-electron chi connectivity index (χ1n) is 6.13. The van der Waals surface area contributed by atoms with Gasteiger partial charge >= 0.3 is 0 Å². The van der Waals surface area contributed by atoms with Crippen molar-refractivity contribution in [3.8, 4) is 0 Å². The van der Waals surface area contributed by atoms with Gasteiger partial charge in [0.25, 0.3) is 0 Å². The highest BCUT2D eigenvalue weighted by Crippen LogP contribution is 2.21. The Labute approximate surface area is 105 Å². The maximum atomic E-state index is 13.4. The molecule has 1 N–H and O–H groups in total. The third-order valence-electron chi connectivity index (χ3n) is 3.43. The summed E-state index contributed by atoms with van der Waals surface area (Å²) in [6, 6.07) is 1.45. The van der Waals surface area contributed by atoms with Crippen molar-refractivity contribution in [2.75, 3.05) is 32.0 Å². The molecule has 100 valence electrons. The lowest BCUT2D eigenvalue weighted by Crippen LogP contribution is -2.33. The van der Waals surface area contributed by atoms with Crippen molar-refractivity contribution in [1.29, 1.82) is 0 Å². The van der Waals surface area contributed by atoms with Gasteiger partial charge < -0.3 is 10.2 Å². The molecule has 2 nitrogen and oxygen atoms in total. The fourth-order valence-corrected chi connectivity index (χ4v) is 2.18. The summed E-state index contributed by atoms with van der Waals surface area (Å²) in [6.07, 6.45) is 2.07. The average Bonchev–Trinajstić information content (AvgIpc) is 2.34. The zero-order valence-corrected chi connectivity index (χ0v) is 10.3. The molecule has 1 saturated heterocycles. The van der Waals surface area contributed by atoms with Crippen LogP contribution in [0, 0.1) is 23.4 Å². The number of hydrogen-bond donors (Lipinski definition) is 1. The van der Waals surface area contributed by atoms with Crippen molar-refractivity contribution >= 4 is 5.69 Å². The predicted molar refractivity (Wildman–Crippen MR) is 65.0 cm³/mol. The smallest absolute Gasteiger partial charge is 0.161 e. The van der Waals surface area contributed by atoms with Crippen LogP contribution in [-0.4, -0.2) is 31.6 Å². The molecule has 1 aromatic carbocycles. The van der Waals surface area contributed by atoms with E-state index in [-0.39, 0.29) is 5.69 Å². The lowest BCUT2D eigenvalue weighted by molar-refractivity contribution is 0.226. The molecule has 1 aliphatic rings. The Bertz CT molecular complexity index is 415. The van der Waals surface area contributed by atoms with E-state index in [0.717, 1.165) is 32.0 Å². The van der Waals surface area contributed by atoms with Crippen LogP contribution in [0.1, 0.15) is 12.8 Å². The van der Waals surface area contributed by atoms with E-state index in [1.807, 2.05) is 0 Å². The van der Waals surface area contributed by atoms with E-state index in [9.17, 15) is 13.2 Å². The van der Waals surface area contributed by atoms with Gasteiger partial charge in [-0.3, -0.25) is 0 Å². The molecule has 1 fully saturated rings. The molecular weight excluding hydrogens is 241 g/mol. The van der Waals surface area contributed by atoms with Gasteiger partial charge in [-0.2, -0.15) is 0 Å². The number of anilines is 1. The van der Waals surface area contributed by atoms with Crippen molar-refractivity contribution in [1.82, 2.24) is 4.90 Å². The Morgan fingerprint density at radius 1 is 1.11 bits per heavy atom. The van der Waals surface area contributed by atoms with Crippen LogP contribution in [0.2, 0.25) is 0 Å². The SMILES string of the molecule is CN1CCC(CNc2cc(F)c(F)cc2F)CC1. The van der Waals surface area contributed by atoms with Crippen molar-refractivity contribution in [2.45, 2.75) is 12.8 Å². The van der Waals surface area contributed by atoms with Crippen LogP contribution < -0.4 is 5.32 Å². The molecule has 0 spiro atoms. The Kier molecular flexibility index (Phi) is 4.11. The fraction of sp³-hybridized carbons (Fsp3) is 0.538. The first-order chi connectivity index (χ1) is 8.56. The summed E-state index contributed by atoms with van der Waals surface area (Å²) >= 11 is 0. The second-order valence-corrected chi connectivity index (χ2v) is 4.87. The molecule has 1 heterocycles. The van der Waals surface area contributed by atoms with Gasteiger partial charge in [-0.25, -0.2) is 13.2 Å². The highest BCUT2D eigenvalue weighted by molar-refractivity contribution is 5.45. The topological polar surface area (TPSA) is 15.3 Å². The molecule has 0 unspecified atom stereocenters. The second kappa shape index (κ2) is 5.61. The number of likely N-dealkylation sites (tertiary alicyclic amines) is 1. The van der Waals surface area contributed by atoms with Gasteiger partial charge in [-0.1, -0.05) is 0 Å². The molecule has 0 atom stereocenters. The van der Waals surface area contributed by atoms with Crippen molar-refractivity contribution in [3.63, 3.8) is 0 Å². The highest BCUT2D eigenvalue weighted by Gasteiger charge is 2.17. The quantitative estimate of drug-likeness (QED) is 0.839. The maximum Gasteiger partial charge on any atom is 0.161 e. The summed E-state index contributed by atoms with van der Waals surface area (Å²) in [5, 5.41) is 2.87. The van der Waals surface area contributed by atoms with Crippen molar-refractivity contribution < 1.29 is 13.2 Å². The number of nitrogens with zero attached hydrogens (tertiary/aromatic N) is 1. The molecule has 2 rings (SSSR count). The van der Waals surface area contributed by atoms with Crippen LogP contribution in [0.5, 0.6) is 0 Å². The summed E-state index contributed by atoms with van der Waals surface area (Å²) in [5.74, 6) is -2.48. The molecule has 0 saturated carbocycles. The second-order valence-electron chi connectivity index (χ2n) is 4.87. The van der Waals surface area contributed by atoms with Crippen LogP contribution in [0.25, 0.3) is 0 Å². The van der Waals surface area contributed by atoms with Gasteiger partial charge in [0.2, 0.25) is 0 Å². The lowest BCUT2D eigenvalue weighted by atomic mass is 9.97. The van der Waals surface area contributed by atoms with Crippen molar-refractivity contribution in [2.24, 2.45) is 5.92 Å². The van der Waals surface area contributed by atoms with Gasteiger partial charge in [-0.15, -0.1) is 0 Å². The molecular formula is C13H17F3N2. The number of piperidine rings is 1. The van der Waals surface area contributed by atoms with Gasteiger partial charge in [0.05, 0.1) is 5.69 Å². The largest absolute Gasteiger partial charge is 0.382 e. The average molecular weight is 258 g/mol. The van der Waals surface area contributed by atoms with E-state index in [0.29, 0.717) is 18.5 Å². The highest BCUT2D eigenvalue weighted by atomic mass is 19.2. The van der Waals surface area contributed by atoms with Crippen LogP contribution in [0.15, 0.2) is 12.1 Å². The van der Waals surface area contributed by atoms with E-state index >= 15 is 0 Å². The van der Waals surface area contributed by atoms with E-state index in [2.05, 4.69) is 17.3 Å². The zero-order valence-electron chi connectivity index (χ0n) is 10.3. The van der Waals surface area contributed by atoms with E-state index < -0.39 is 17.5 Å². The Morgan fingerprint density at radius 2 is 1.72 bits per heavy atom. The monoisotopic (exact) mass is 258 g/mol. The van der Waals surface area contributed by atoms with Crippen LogP contribution in [0.3, 0.4) is 0 Å². The minimum atomic E-state index is -1.16. The molecule has 5 heteroatoms. The zero-order chi connectivity index (χ0) is 13.1. The lowest BCUT2D eigenvalue weighted by Gasteiger charge is -2.29. The molecule has 0 aliphatic carbocycles. The standard InChI is InChI=1S/C13H17F3N2/c1-18-4-2-9(3-5-18)8-17-13-7-11(15)10(14)6-12(13)16/h6-7,9,17H,2-5,8H2,1H3. The minimum Gasteiger partial charge on any atom is -0.382 e. The number of hydrogen-bond acceptors (Lipinski definition) is 2. The number of benzene rings is 1. The molecule has 0 amide bonds. The number of halogens is 3. The normalized spacial score (nSPS) is 18.0. The summed E-state index contributed by atoms with van der Waals surface area (Å²) in [4.78, 5) is 2.24. The number of nitrogens with one attached hydrogen (secondary N) is 1. The van der Waals surface area contributed by atoms with Gasteiger partial charge in [0.15, 0.2) is 11.6 Å². The fourth-order valence-electron chi connectivity index (χ4n) is 2.18. The van der Waals surface area contributed by atoms with Crippen LogP contribution in [0.4, 0.5) is 18.9 Å². The molecule has 0 radical (unpaired) electrons. The Hall–Kier alpha value is -1.23. The summed E-state index contributed by atoms with van der Waals surface area (Å²) in [6.45, 7) is 2.63. The molecule has 0 aromatic heterocycles. The minimum absolute atomic E-state index is 0.0350. The molecule has 18 heavy (non-hydrogen) atoms. The first-order valence-corrected chi connectivity index (χ1v) is 6.13. The van der Waals surface area contributed by atoms with Crippen molar-refractivity contribution in [3.05, 3.63) is 29.6 Å². The summed E-state index contributed by atoms with van der Waals surface area (Å²) in [5.41, 5.74) is 0.0350. The number of rotatable bonds is 3. The van der Waals surface area contributed by atoms with Gasteiger partial charge in [0, 0.05) is 18.7 Å². The third kappa shape index (κ3) is 3.16. The molecule has 0 bridgehead atoms. The maximum absolute atomic E-state index is 13.4. The predicted octanol–water partition coefficient (Wildman–Crippen LogP) is 2.86. The van der Waals surface area contributed by atoms with E-state index in [4.69, 9.17) is 0 Å². The van der Waals surface area contributed by atoms with E-state index in [1.165, 1.54) is 0 Å². The van der Waals surface area contributed by atoms with E-state index in [1.54, 1.807) is 0 Å². The van der Waals surface area contributed by atoms with Crippen LogP contribution in [-0.2, 0) is 0 Å². The summed E-state index contributed by atoms with van der Waals surface area (Å²) in [7, 11) is 2.07. The molecule has 1 aliphatic heterocycles. The van der Waals surface area contributed by atoms with Gasteiger partial charge in [-0.05, 0) is 38.9 Å². The summed E-state index contributed by atoms with van der Waals surface area (Å²) < 4.78 is 39.1. The third-order valence-corrected chi connectivity index (χ3v) is 3.43. The molecule has 1 aromatic rings. The Balaban J connectivity index is 1.92. The van der Waals surface area contributed by atoms with Gasteiger partial charge in [0.1, 0.15) is 5.82 Å². The first kappa shape index (κ1) is 13.2.